The summed E-state index contributed by atoms with van der Waals surface area (Å²) in [5, 5.41) is 5.34. The molecule has 31 heavy (non-hydrogen) atoms. The second kappa shape index (κ2) is 10.1. The van der Waals surface area contributed by atoms with Crippen LogP contribution >= 0.6 is 11.6 Å². The molecule has 0 saturated heterocycles. The van der Waals surface area contributed by atoms with Gasteiger partial charge in [-0.05, 0) is 74.0 Å². The molecule has 0 heterocycles. The molecule has 3 rings (SSSR count). The van der Waals surface area contributed by atoms with E-state index in [4.69, 9.17) is 16.3 Å². The molecule has 160 valence electrons. The maximum Gasteiger partial charge on any atom is 0.255 e. The summed E-state index contributed by atoms with van der Waals surface area (Å²) in [6.45, 7) is 4.02. The van der Waals surface area contributed by atoms with Gasteiger partial charge in [0.2, 0.25) is 0 Å². The van der Waals surface area contributed by atoms with Gasteiger partial charge in [0.05, 0.1) is 11.1 Å². The number of amides is 2. The molecule has 3 aromatic carbocycles. The molecule has 0 saturated carbocycles. The van der Waals surface area contributed by atoms with E-state index in [1.54, 1.807) is 48.5 Å². The summed E-state index contributed by atoms with van der Waals surface area (Å²) in [6.07, 6.45) is 0.986. The van der Waals surface area contributed by atoms with Crippen molar-refractivity contribution in [3.8, 4) is 5.75 Å². The minimum Gasteiger partial charge on any atom is -0.491 e. The van der Waals surface area contributed by atoms with Gasteiger partial charge in [0.1, 0.15) is 11.6 Å². The third kappa shape index (κ3) is 6.06. The zero-order valence-electron chi connectivity index (χ0n) is 17.1. The molecule has 0 aliphatic carbocycles. The third-order valence-electron chi connectivity index (χ3n) is 4.59. The van der Waals surface area contributed by atoms with Crippen molar-refractivity contribution >= 4 is 34.8 Å². The summed E-state index contributed by atoms with van der Waals surface area (Å²) in [5.74, 6) is -0.586. The number of rotatable bonds is 7. The van der Waals surface area contributed by atoms with Crippen LogP contribution < -0.4 is 15.4 Å². The van der Waals surface area contributed by atoms with Crippen LogP contribution in [0.15, 0.2) is 66.7 Å². The van der Waals surface area contributed by atoms with Crippen molar-refractivity contribution in [3.63, 3.8) is 0 Å². The zero-order chi connectivity index (χ0) is 22.4. The molecule has 3 aromatic rings. The van der Waals surface area contributed by atoms with Crippen molar-refractivity contribution in [2.75, 3.05) is 10.6 Å². The lowest BCUT2D eigenvalue weighted by molar-refractivity contribution is 0.101. The number of ether oxygens (including phenoxy) is 1. The van der Waals surface area contributed by atoms with Crippen molar-refractivity contribution in [3.05, 3.63) is 88.7 Å². The molecule has 0 aromatic heterocycles. The first kappa shape index (κ1) is 22.3. The van der Waals surface area contributed by atoms with Crippen LogP contribution in [0.1, 0.15) is 41.0 Å². The Balaban J connectivity index is 1.66. The summed E-state index contributed by atoms with van der Waals surface area (Å²) >= 11 is 5.74. The minimum absolute atomic E-state index is 0.0839. The van der Waals surface area contributed by atoms with E-state index in [0.29, 0.717) is 28.3 Å². The largest absolute Gasteiger partial charge is 0.491 e. The second-order valence-electron chi connectivity index (χ2n) is 6.98. The molecular formula is C24H22ClFN2O3. The van der Waals surface area contributed by atoms with Gasteiger partial charge in [-0.2, -0.15) is 0 Å². The number of anilines is 2. The van der Waals surface area contributed by atoms with Crippen molar-refractivity contribution < 1.29 is 18.7 Å². The van der Waals surface area contributed by atoms with Crippen LogP contribution in [-0.2, 0) is 0 Å². The average molecular weight is 441 g/mol. The van der Waals surface area contributed by atoms with Crippen LogP contribution in [0.4, 0.5) is 15.8 Å². The molecule has 0 aliphatic heterocycles. The quantitative estimate of drug-likeness (QED) is 0.462. The fourth-order valence-corrected chi connectivity index (χ4v) is 2.90. The monoisotopic (exact) mass is 440 g/mol. The van der Waals surface area contributed by atoms with Crippen molar-refractivity contribution in [1.82, 2.24) is 0 Å². The molecule has 2 amide bonds. The van der Waals surface area contributed by atoms with Crippen LogP contribution in [0.2, 0.25) is 5.02 Å². The van der Waals surface area contributed by atoms with Gasteiger partial charge >= 0.3 is 0 Å². The Hall–Kier alpha value is -3.38. The fraction of sp³-hybridized carbons (Fsp3) is 0.167. The first-order valence-electron chi connectivity index (χ1n) is 9.80. The van der Waals surface area contributed by atoms with E-state index in [0.717, 1.165) is 6.42 Å². The van der Waals surface area contributed by atoms with Crippen LogP contribution in [0.25, 0.3) is 0 Å². The first-order chi connectivity index (χ1) is 14.9. The van der Waals surface area contributed by atoms with Crippen LogP contribution in [0.3, 0.4) is 0 Å². The molecular weight excluding hydrogens is 419 g/mol. The molecule has 0 fully saturated rings. The Morgan fingerprint density at radius 1 is 0.935 bits per heavy atom. The summed E-state index contributed by atoms with van der Waals surface area (Å²) in [5.41, 5.74) is 1.63. The van der Waals surface area contributed by atoms with Gasteiger partial charge in [0.15, 0.2) is 0 Å². The molecule has 0 radical (unpaired) electrons. The Labute approximate surface area is 185 Å². The lowest BCUT2D eigenvalue weighted by Crippen LogP contribution is -2.15. The number of carbonyl (C=O) groups excluding carboxylic acids is 2. The normalized spacial score (nSPS) is 11.5. The van der Waals surface area contributed by atoms with E-state index in [1.165, 1.54) is 18.2 Å². The van der Waals surface area contributed by atoms with Gasteiger partial charge < -0.3 is 15.4 Å². The highest BCUT2D eigenvalue weighted by Gasteiger charge is 2.11. The van der Waals surface area contributed by atoms with E-state index in [9.17, 15) is 14.0 Å². The minimum atomic E-state index is -0.566. The fourth-order valence-electron chi connectivity index (χ4n) is 2.72. The summed E-state index contributed by atoms with van der Waals surface area (Å²) in [7, 11) is 0. The van der Waals surface area contributed by atoms with Gasteiger partial charge in [-0.3, -0.25) is 9.59 Å². The number of hydrogen-bond acceptors (Lipinski definition) is 3. The summed E-state index contributed by atoms with van der Waals surface area (Å²) in [4.78, 5) is 25.0. The van der Waals surface area contributed by atoms with Gasteiger partial charge in [-0.15, -0.1) is 0 Å². The molecule has 5 nitrogen and oxygen atoms in total. The smallest absolute Gasteiger partial charge is 0.255 e. The van der Waals surface area contributed by atoms with E-state index in [2.05, 4.69) is 10.6 Å². The maximum atomic E-state index is 13.3. The van der Waals surface area contributed by atoms with E-state index < -0.39 is 11.7 Å². The van der Waals surface area contributed by atoms with Crippen LogP contribution in [0, 0.1) is 5.82 Å². The lowest BCUT2D eigenvalue weighted by atomic mass is 10.1. The Bertz CT molecular complexity index is 1090. The van der Waals surface area contributed by atoms with Crippen molar-refractivity contribution in [2.45, 2.75) is 26.4 Å². The molecule has 2 N–H and O–H groups in total. The number of halogens is 2. The molecule has 0 aliphatic rings. The maximum absolute atomic E-state index is 13.3. The van der Waals surface area contributed by atoms with E-state index >= 15 is 0 Å². The topological polar surface area (TPSA) is 67.4 Å². The van der Waals surface area contributed by atoms with Gasteiger partial charge in [-0.25, -0.2) is 4.39 Å². The highest BCUT2D eigenvalue weighted by Crippen LogP contribution is 2.21. The third-order valence-corrected chi connectivity index (χ3v) is 4.88. The Kier molecular flexibility index (Phi) is 7.26. The Morgan fingerprint density at radius 2 is 1.58 bits per heavy atom. The van der Waals surface area contributed by atoms with Gasteiger partial charge in [0, 0.05) is 22.5 Å². The number of benzene rings is 3. The number of hydrogen-bond donors (Lipinski definition) is 2. The predicted octanol–water partition coefficient (Wildman–Crippen LogP) is 6.16. The molecule has 0 spiro atoms. The zero-order valence-corrected chi connectivity index (χ0v) is 17.9. The first-order valence-corrected chi connectivity index (χ1v) is 10.2. The van der Waals surface area contributed by atoms with E-state index in [1.807, 2.05) is 13.8 Å². The van der Waals surface area contributed by atoms with Crippen LogP contribution in [0.5, 0.6) is 5.75 Å². The highest BCUT2D eigenvalue weighted by molar-refractivity contribution is 6.31. The lowest BCUT2D eigenvalue weighted by Gasteiger charge is -2.13. The molecule has 0 bridgehead atoms. The SMILES string of the molecule is CCC(C)Oc1ccc(C(=O)Nc2cccc(C(=O)Nc3ccc(F)c(Cl)c3)c2)cc1. The van der Waals surface area contributed by atoms with Crippen LogP contribution in [-0.4, -0.2) is 17.9 Å². The second-order valence-corrected chi connectivity index (χ2v) is 7.39. The summed E-state index contributed by atoms with van der Waals surface area (Å²) in [6, 6.07) is 17.3. The van der Waals surface area contributed by atoms with Gasteiger partial charge in [-0.1, -0.05) is 24.6 Å². The number of carbonyl (C=O) groups is 2. The molecule has 1 atom stereocenters. The highest BCUT2D eigenvalue weighted by atomic mass is 35.5. The molecule has 7 heteroatoms. The van der Waals surface area contributed by atoms with Gasteiger partial charge in [0.25, 0.3) is 11.8 Å². The Morgan fingerprint density at radius 3 is 2.23 bits per heavy atom. The average Bonchev–Trinajstić information content (AvgIpc) is 2.77. The van der Waals surface area contributed by atoms with Crippen molar-refractivity contribution in [1.29, 1.82) is 0 Å². The molecule has 1 unspecified atom stereocenters. The van der Waals surface area contributed by atoms with E-state index in [-0.39, 0.29) is 17.0 Å². The standard InChI is InChI=1S/C24H22ClFN2O3/c1-3-15(2)31-20-10-7-16(8-11-20)23(29)27-18-6-4-5-17(13-18)24(30)28-19-9-12-22(26)21(25)14-19/h4-15H,3H2,1-2H3,(H,27,29)(H,28,30). The van der Waals surface area contributed by atoms with Crippen molar-refractivity contribution in [2.24, 2.45) is 0 Å². The number of nitrogens with one attached hydrogen (secondary N) is 2. The summed E-state index contributed by atoms with van der Waals surface area (Å²) < 4.78 is 19.0. The predicted molar refractivity (Wildman–Crippen MR) is 121 cm³/mol.